The van der Waals surface area contributed by atoms with E-state index < -0.39 is 6.65 Å². The van der Waals surface area contributed by atoms with Gasteiger partial charge in [0.05, 0.1) is 0 Å². The first-order valence-electron chi connectivity index (χ1n) is 7.25. The molecule has 4 nitrogen and oxygen atoms in total. The van der Waals surface area contributed by atoms with Gasteiger partial charge in [0.25, 0.3) is 6.65 Å². The smallest absolute Gasteiger partial charge is 0.275 e. The van der Waals surface area contributed by atoms with E-state index in [1.54, 1.807) is 16.4 Å². The van der Waals surface area contributed by atoms with Crippen LogP contribution in [0, 0.1) is 0 Å². The van der Waals surface area contributed by atoms with E-state index in [9.17, 15) is 9.36 Å². The van der Waals surface area contributed by atoms with Gasteiger partial charge in [0.15, 0.2) is 0 Å². The fraction of sp³-hybridized carbons (Fsp3) is 0.923. The summed E-state index contributed by atoms with van der Waals surface area (Å²) >= 11 is 3.21. The van der Waals surface area contributed by atoms with Crippen LogP contribution in [-0.2, 0) is 9.36 Å². The number of unbranched alkanes of at least 4 members (excludes halogenated alkanes) is 1. The van der Waals surface area contributed by atoms with Gasteiger partial charge in [0.1, 0.15) is 0 Å². The average molecular weight is 340 g/mol. The van der Waals surface area contributed by atoms with Gasteiger partial charge in [-0.3, -0.25) is 14.0 Å². The van der Waals surface area contributed by atoms with E-state index in [1.165, 1.54) is 18.3 Å². The zero-order chi connectivity index (χ0) is 15.6. The lowest BCUT2D eigenvalue weighted by Gasteiger charge is -2.37. The van der Waals surface area contributed by atoms with Crippen molar-refractivity contribution >= 4 is 35.7 Å². The van der Waals surface area contributed by atoms with Gasteiger partial charge in [0.2, 0.25) is 5.91 Å². The zero-order valence-electron chi connectivity index (χ0n) is 13.4. The number of rotatable bonds is 11. The number of thioether (sulfide) groups is 1. The molecule has 0 rings (SSSR count). The Morgan fingerprint density at radius 2 is 1.80 bits per heavy atom. The highest BCUT2D eigenvalue weighted by Crippen LogP contribution is 2.64. The molecule has 0 saturated heterocycles. The molecule has 0 spiro atoms. The maximum absolute atomic E-state index is 13.5. The number of hydrogen-bond acceptors (Lipinski definition) is 4. The van der Waals surface area contributed by atoms with Gasteiger partial charge < -0.3 is 0 Å². The standard InChI is InChI=1S/C13H29N2O2PS2/c1-6-9-11-20-18(17,15(8-3)13(4)16)14(7-2)10-12-19-5/h6-12H2,1-5H3. The highest BCUT2D eigenvalue weighted by atomic mass is 32.7. The molecule has 0 N–H and O–H groups in total. The Morgan fingerprint density at radius 1 is 1.15 bits per heavy atom. The Bertz CT molecular complexity index is 329. The fourth-order valence-corrected chi connectivity index (χ4v) is 8.39. The lowest BCUT2D eigenvalue weighted by Crippen LogP contribution is -2.34. The quantitative estimate of drug-likeness (QED) is 0.417. The van der Waals surface area contributed by atoms with Crippen LogP contribution in [0.4, 0.5) is 0 Å². The van der Waals surface area contributed by atoms with Crippen LogP contribution in [-0.4, -0.2) is 52.6 Å². The van der Waals surface area contributed by atoms with Crippen LogP contribution in [0.5, 0.6) is 0 Å². The molecule has 0 radical (unpaired) electrons. The Labute approximate surface area is 132 Å². The maximum Gasteiger partial charge on any atom is 0.297 e. The van der Waals surface area contributed by atoms with Crippen molar-refractivity contribution in [2.75, 3.05) is 37.4 Å². The predicted molar refractivity (Wildman–Crippen MR) is 93.7 cm³/mol. The Balaban J connectivity index is 5.18. The Kier molecular flexibility index (Phi) is 11.2. The second kappa shape index (κ2) is 11.0. The molecule has 0 heterocycles. The van der Waals surface area contributed by atoms with Crippen molar-refractivity contribution in [1.82, 2.24) is 9.34 Å². The third kappa shape index (κ3) is 6.00. The second-order valence-electron chi connectivity index (χ2n) is 4.45. The number of carbonyl (C=O) groups is 1. The van der Waals surface area contributed by atoms with Crippen LogP contribution in [0.25, 0.3) is 0 Å². The van der Waals surface area contributed by atoms with Gasteiger partial charge in [-0.1, -0.05) is 31.7 Å². The van der Waals surface area contributed by atoms with Crippen molar-refractivity contribution in [2.24, 2.45) is 0 Å². The number of amides is 1. The van der Waals surface area contributed by atoms with E-state index in [0.717, 1.165) is 30.9 Å². The summed E-state index contributed by atoms with van der Waals surface area (Å²) in [6.45, 7) is 6.69. The molecule has 0 aromatic heterocycles. The largest absolute Gasteiger partial charge is 0.297 e. The van der Waals surface area contributed by atoms with E-state index in [2.05, 4.69) is 6.92 Å². The van der Waals surface area contributed by atoms with Crippen LogP contribution in [0.15, 0.2) is 0 Å². The molecule has 1 atom stereocenters. The first kappa shape index (κ1) is 20.4. The molecule has 0 saturated carbocycles. The summed E-state index contributed by atoms with van der Waals surface area (Å²) in [5, 5.41) is 0. The normalized spacial score (nSPS) is 14.3. The van der Waals surface area contributed by atoms with Crippen molar-refractivity contribution < 1.29 is 9.36 Å². The van der Waals surface area contributed by atoms with Crippen LogP contribution >= 0.6 is 29.8 Å². The molecule has 1 unspecified atom stereocenters. The average Bonchev–Trinajstić information content (AvgIpc) is 2.40. The monoisotopic (exact) mass is 340 g/mol. The minimum Gasteiger partial charge on any atom is -0.275 e. The molecule has 7 heteroatoms. The van der Waals surface area contributed by atoms with Gasteiger partial charge in [-0.05, 0) is 19.6 Å². The van der Waals surface area contributed by atoms with Crippen molar-refractivity contribution in [3.63, 3.8) is 0 Å². The summed E-state index contributed by atoms with van der Waals surface area (Å²) in [4.78, 5) is 11.9. The molecule has 0 aromatic carbocycles. The van der Waals surface area contributed by atoms with Crippen molar-refractivity contribution in [2.45, 2.75) is 40.5 Å². The fourth-order valence-electron chi connectivity index (χ4n) is 1.87. The van der Waals surface area contributed by atoms with Crippen LogP contribution in [0.3, 0.4) is 0 Å². The minimum absolute atomic E-state index is 0.0950. The molecular formula is C13H29N2O2PS2. The lowest BCUT2D eigenvalue weighted by atomic mass is 10.4. The van der Waals surface area contributed by atoms with E-state index in [-0.39, 0.29) is 5.91 Å². The predicted octanol–water partition coefficient (Wildman–Crippen LogP) is 4.18. The third-order valence-electron chi connectivity index (χ3n) is 3.00. The summed E-state index contributed by atoms with van der Waals surface area (Å²) in [5.74, 6) is 1.68. The molecule has 1 amide bonds. The first-order chi connectivity index (χ1) is 9.47. The van der Waals surface area contributed by atoms with Crippen molar-refractivity contribution in [1.29, 1.82) is 0 Å². The number of carbonyl (C=O) groups excluding carboxylic acids is 1. The van der Waals surface area contributed by atoms with E-state index >= 15 is 0 Å². The van der Waals surface area contributed by atoms with Crippen molar-refractivity contribution in [3.05, 3.63) is 0 Å². The Hall–Kier alpha value is 0.360. The SMILES string of the molecule is CCCCSP(=O)(N(CC)CCSC)N(CC)C(C)=O. The highest BCUT2D eigenvalue weighted by molar-refractivity contribution is 8.56. The van der Waals surface area contributed by atoms with Gasteiger partial charge in [0, 0.05) is 38.1 Å². The topological polar surface area (TPSA) is 40.6 Å². The number of hydrogen-bond donors (Lipinski definition) is 0. The summed E-state index contributed by atoms with van der Waals surface area (Å²) in [5.41, 5.74) is 0. The summed E-state index contributed by atoms with van der Waals surface area (Å²) in [6, 6.07) is 0. The number of nitrogens with zero attached hydrogens (tertiary/aromatic N) is 2. The van der Waals surface area contributed by atoms with Gasteiger partial charge in [-0.15, -0.1) is 0 Å². The van der Waals surface area contributed by atoms with Crippen LogP contribution in [0.2, 0.25) is 0 Å². The molecule has 0 fully saturated rings. The highest BCUT2D eigenvalue weighted by Gasteiger charge is 2.37. The summed E-state index contributed by atoms with van der Waals surface area (Å²) < 4.78 is 17.0. The second-order valence-corrected chi connectivity index (χ2v) is 10.3. The van der Waals surface area contributed by atoms with Gasteiger partial charge >= 0.3 is 0 Å². The molecule has 0 aliphatic carbocycles. The van der Waals surface area contributed by atoms with Crippen molar-refractivity contribution in [3.8, 4) is 0 Å². The molecule has 120 valence electrons. The molecule has 20 heavy (non-hydrogen) atoms. The molecular weight excluding hydrogens is 311 g/mol. The zero-order valence-corrected chi connectivity index (χ0v) is 16.0. The molecule has 0 aliphatic heterocycles. The van der Waals surface area contributed by atoms with Gasteiger partial charge in [-0.25, -0.2) is 4.67 Å². The Morgan fingerprint density at radius 3 is 2.20 bits per heavy atom. The van der Waals surface area contributed by atoms with E-state index in [1.807, 2.05) is 24.8 Å². The van der Waals surface area contributed by atoms with Crippen LogP contribution in [0.1, 0.15) is 40.5 Å². The maximum atomic E-state index is 13.5. The third-order valence-corrected chi connectivity index (χ3v) is 9.61. The molecule has 0 bridgehead atoms. The van der Waals surface area contributed by atoms with Crippen LogP contribution < -0.4 is 0 Å². The summed E-state index contributed by atoms with van der Waals surface area (Å²) in [7, 11) is 0. The lowest BCUT2D eigenvalue weighted by molar-refractivity contribution is -0.124. The minimum atomic E-state index is -2.83. The first-order valence-corrected chi connectivity index (χ1v) is 11.8. The van der Waals surface area contributed by atoms with Gasteiger partial charge in [-0.2, -0.15) is 11.8 Å². The van der Waals surface area contributed by atoms with E-state index in [0.29, 0.717) is 13.1 Å². The summed E-state index contributed by atoms with van der Waals surface area (Å²) in [6.07, 6.45) is 4.16. The molecule has 0 aromatic rings. The molecule has 0 aliphatic rings. The van der Waals surface area contributed by atoms with E-state index in [4.69, 9.17) is 0 Å².